The number of rotatable bonds is 8. The molecule has 0 spiro atoms. The van der Waals surface area contributed by atoms with Crippen molar-refractivity contribution in [3.63, 3.8) is 0 Å². The molecule has 0 aliphatic carbocycles. The molecule has 4 aromatic rings. The number of nitrogens with one attached hydrogen (secondary N) is 2. The topological polar surface area (TPSA) is 119 Å². The molecule has 1 heterocycles. The average molecular weight is 483 g/mol. The summed E-state index contributed by atoms with van der Waals surface area (Å²) >= 11 is 0. The lowest BCUT2D eigenvalue weighted by Gasteiger charge is -2.08. The molecule has 9 heteroatoms. The number of amides is 2. The Kier molecular flexibility index (Phi) is 7.52. The smallest absolute Gasteiger partial charge is 0.379 e. The minimum atomic E-state index is -0.655. The van der Waals surface area contributed by atoms with Crippen LogP contribution in [0.25, 0.3) is 0 Å². The molecule has 0 fully saturated rings. The minimum Gasteiger partial charge on any atom is -0.497 e. The molecule has 0 atom stereocenters. The van der Waals surface area contributed by atoms with Gasteiger partial charge < -0.3 is 19.2 Å². The Morgan fingerprint density at radius 2 is 1.64 bits per heavy atom. The van der Waals surface area contributed by atoms with Crippen LogP contribution in [-0.4, -0.2) is 31.1 Å². The number of nitrogens with zero attached hydrogens (tertiary/aromatic N) is 1. The summed E-state index contributed by atoms with van der Waals surface area (Å²) in [5.74, 6) is -0.616. The van der Waals surface area contributed by atoms with E-state index in [1.807, 2.05) is 0 Å². The van der Waals surface area contributed by atoms with Gasteiger partial charge in [-0.3, -0.25) is 9.59 Å². The molecule has 9 nitrogen and oxygen atoms in total. The first-order valence-electron chi connectivity index (χ1n) is 10.8. The fraction of sp³-hybridized carbons (Fsp3) is 0.0370. The summed E-state index contributed by atoms with van der Waals surface area (Å²) in [5.41, 5.74) is 4.04. The largest absolute Gasteiger partial charge is 0.497 e. The molecule has 0 saturated carbocycles. The molecule has 0 bridgehead atoms. The highest BCUT2D eigenvalue weighted by Crippen LogP contribution is 2.18. The van der Waals surface area contributed by atoms with Crippen molar-refractivity contribution in [2.75, 3.05) is 12.4 Å². The van der Waals surface area contributed by atoms with Gasteiger partial charge in [-0.1, -0.05) is 24.3 Å². The van der Waals surface area contributed by atoms with Crippen LogP contribution in [0.2, 0.25) is 0 Å². The Bertz CT molecular complexity index is 1410. The summed E-state index contributed by atoms with van der Waals surface area (Å²) in [6.45, 7) is 0. The highest BCUT2D eigenvalue weighted by molar-refractivity contribution is 6.05. The maximum Gasteiger partial charge on any atom is 0.379 e. The van der Waals surface area contributed by atoms with Crippen molar-refractivity contribution < 1.29 is 28.3 Å². The number of anilines is 1. The van der Waals surface area contributed by atoms with Gasteiger partial charge in [-0.25, -0.2) is 10.2 Å². The highest BCUT2D eigenvalue weighted by Gasteiger charge is 2.13. The summed E-state index contributed by atoms with van der Waals surface area (Å²) < 4.78 is 15.5. The second-order valence-corrected chi connectivity index (χ2v) is 7.37. The van der Waals surface area contributed by atoms with Crippen molar-refractivity contribution in [1.29, 1.82) is 0 Å². The lowest BCUT2D eigenvalue weighted by atomic mass is 10.1. The number of para-hydroxylation sites is 1. The van der Waals surface area contributed by atoms with Crippen molar-refractivity contribution >= 4 is 29.7 Å². The summed E-state index contributed by atoms with van der Waals surface area (Å²) in [7, 11) is 1.52. The number of ether oxygens (including phenoxy) is 2. The number of hydrogen-bond donors (Lipinski definition) is 2. The first-order chi connectivity index (χ1) is 17.5. The zero-order chi connectivity index (χ0) is 25.3. The van der Waals surface area contributed by atoms with Gasteiger partial charge in [-0.05, 0) is 60.7 Å². The fourth-order valence-electron chi connectivity index (χ4n) is 3.16. The predicted molar refractivity (Wildman–Crippen MR) is 133 cm³/mol. The second-order valence-electron chi connectivity index (χ2n) is 7.37. The van der Waals surface area contributed by atoms with Crippen LogP contribution in [0.15, 0.2) is 101 Å². The SMILES string of the molecule is COc1cccc(C(=O)Nc2cccc(C(=O)NN=Cc3ccccc3OC(=O)c3ccco3)c2)c1. The van der Waals surface area contributed by atoms with Crippen molar-refractivity contribution in [3.8, 4) is 11.5 Å². The van der Waals surface area contributed by atoms with Gasteiger partial charge in [0.25, 0.3) is 11.8 Å². The number of hydrogen-bond acceptors (Lipinski definition) is 7. The Morgan fingerprint density at radius 3 is 2.42 bits per heavy atom. The van der Waals surface area contributed by atoms with Gasteiger partial charge >= 0.3 is 5.97 Å². The first kappa shape index (κ1) is 24.0. The average Bonchev–Trinajstić information content (AvgIpc) is 3.45. The van der Waals surface area contributed by atoms with E-state index in [1.165, 1.54) is 31.7 Å². The molecule has 2 N–H and O–H groups in total. The highest BCUT2D eigenvalue weighted by atomic mass is 16.5. The van der Waals surface area contributed by atoms with E-state index in [0.717, 1.165) is 0 Å². The number of carbonyl (C=O) groups excluding carboxylic acids is 3. The summed E-state index contributed by atoms with van der Waals surface area (Å²) in [6, 6.07) is 22.9. The Morgan fingerprint density at radius 1 is 0.861 bits per heavy atom. The third kappa shape index (κ3) is 6.03. The molecule has 1 aromatic heterocycles. The van der Waals surface area contributed by atoms with Crippen molar-refractivity contribution in [2.45, 2.75) is 0 Å². The molecule has 36 heavy (non-hydrogen) atoms. The van der Waals surface area contributed by atoms with Gasteiger partial charge in [0.15, 0.2) is 0 Å². The normalized spacial score (nSPS) is 10.6. The van der Waals surface area contributed by atoms with Gasteiger partial charge in [-0.15, -0.1) is 0 Å². The first-order valence-corrected chi connectivity index (χ1v) is 10.8. The second kappa shape index (κ2) is 11.3. The van der Waals surface area contributed by atoms with Crippen LogP contribution in [0.3, 0.4) is 0 Å². The quantitative estimate of drug-likeness (QED) is 0.165. The van der Waals surface area contributed by atoms with Crippen molar-refractivity contribution in [3.05, 3.63) is 114 Å². The standard InChI is InChI=1S/C27H21N3O6/c1-34-22-11-5-9-19(16-22)25(31)29-21-10-4-8-18(15-21)26(32)30-28-17-20-7-2-3-12-23(20)36-27(33)24-13-6-14-35-24/h2-17H,1H3,(H,29,31)(H,30,32). The molecule has 180 valence electrons. The van der Waals surface area contributed by atoms with Crippen LogP contribution < -0.4 is 20.2 Å². The molecule has 0 aliphatic rings. The lowest BCUT2D eigenvalue weighted by molar-refractivity contribution is 0.0700. The predicted octanol–water partition coefficient (Wildman–Crippen LogP) is 4.52. The molecular formula is C27H21N3O6. The Labute approximate surface area is 206 Å². The van der Waals surface area contributed by atoms with Gasteiger partial charge in [0.05, 0.1) is 19.6 Å². The Hall–Kier alpha value is -5.18. The summed E-state index contributed by atoms with van der Waals surface area (Å²) in [4.78, 5) is 37.3. The van der Waals surface area contributed by atoms with E-state index in [1.54, 1.807) is 72.8 Å². The molecule has 3 aromatic carbocycles. The number of methoxy groups -OCH3 is 1. The van der Waals surface area contributed by atoms with Crippen LogP contribution in [-0.2, 0) is 0 Å². The van der Waals surface area contributed by atoms with Crippen LogP contribution in [0.5, 0.6) is 11.5 Å². The Balaban J connectivity index is 1.39. The van der Waals surface area contributed by atoms with E-state index in [0.29, 0.717) is 22.6 Å². The zero-order valence-electron chi connectivity index (χ0n) is 19.1. The number of hydrazone groups is 1. The molecule has 4 rings (SSSR count). The third-order valence-electron chi connectivity index (χ3n) is 4.93. The molecule has 0 radical (unpaired) electrons. The molecular weight excluding hydrogens is 462 g/mol. The van der Waals surface area contributed by atoms with Crippen LogP contribution in [0.4, 0.5) is 5.69 Å². The van der Waals surface area contributed by atoms with Crippen LogP contribution in [0, 0.1) is 0 Å². The van der Waals surface area contributed by atoms with E-state index in [2.05, 4.69) is 15.8 Å². The number of esters is 1. The number of furan rings is 1. The van der Waals surface area contributed by atoms with Gasteiger partial charge in [0, 0.05) is 22.4 Å². The summed E-state index contributed by atoms with van der Waals surface area (Å²) in [5, 5.41) is 6.72. The van der Waals surface area contributed by atoms with E-state index in [4.69, 9.17) is 13.9 Å². The van der Waals surface area contributed by atoms with Gasteiger partial charge in [0.2, 0.25) is 5.76 Å². The molecule has 0 saturated heterocycles. The van der Waals surface area contributed by atoms with E-state index in [-0.39, 0.29) is 23.0 Å². The van der Waals surface area contributed by atoms with Gasteiger partial charge in [-0.2, -0.15) is 5.10 Å². The van der Waals surface area contributed by atoms with Crippen molar-refractivity contribution in [1.82, 2.24) is 5.43 Å². The zero-order valence-corrected chi connectivity index (χ0v) is 19.1. The third-order valence-corrected chi connectivity index (χ3v) is 4.93. The van der Waals surface area contributed by atoms with Gasteiger partial charge in [0.1, 0.15) is 11.5 Å². The summed E-state index contributed by atoms with van der Waals surface area (Å²) in [6.07, 6.45) is 2.73. The van der Waals surface area contributed by atoms with E-state index in [9.17, 15) is 14.4 Å². The molecule has 0 aliphatic heterocycles. The fourth-order valence-corrected chi connectivity index (χ4v) is 3.16. The lowest BCUT2D eigenvalue weighted by Crippen LogP contribution is -2.18. The molecule has 2 amide bonds. The number of benzene rings is 3. The maximum atomic E-state index is 12.6. The number of carbonyl (C=O) groups is 3. The maximum absolute atomic E-state index is 12.6. The van der Waals surface area contributed by atoms with E-state index < -0.39 is 11.9 Å². The monoisotopic (exact) mass is 483 g/mol. The van der Waals surface area contributed by atoms with Crippen molar-refractivity contribution in [2.24, 2.45) is 5.10 Å². The minimum absolute atomic E-state index is 0.0634. The van der Waals surface area contributed by atoms with E-state index >= 15 is 0 Å². The molecule has 0 unspecified atom stereocenters. The van der Waals surface area contributed by atoms with Crippen LogP contribution in [0.1, 0.15) is 36.8 Å². The van der Waals surface area contributed by atoms with Crippen LogP contribution >= 0.6 is 0 Å².